The van der Waals surface area contributed by atoms with Gasteiger partial charge in [0, 0.05) is 44.8 Å². The fourth-order valence-corrected chi connectivity index (χ4v) is 4.14. The van der Waals surface area contributed by atoms with Gasteiger partial charge in [-0.1, -0.05) is 0 Å². The van der Waals surface area contributed by atoms with E-state index in [0.29, 0.717) is 54.6 Å². The number of fused-ring (bicyclic) bond motifs is 5. The molecule has 0 amide bonds. The number of hydrogen-bond donors (Lipinski definition) is 0. The predicted octanol–water partition coefficient (Wildman–Crippen LogP) is 5.32. The van der Waals surface area contributed by atoms with Gasteiger partial charge >= 0.3 is 0 Å². The van der Waals surface area contributed by atoms with Gasteiger partial charge in [-0.15, -0.1) is 0 Å². The Bertz CT molecular complexity index is 1430. The molecule has 0 aromatic heterocycles. The predicted molar refractivity (Wildman–Crippen MR) is 111 cm³/mol. The minimum Gasteiger partial charge on any atom is -0.258 e. The maximum Gasteiger partial charge on any atom is 0.272 e. The van der Waals surface area contributed by atoms with Crippen LogP contribution in [0.15, 0.2) is 36.4 Å². The molecule has 0 aliphatic heterocycles. The number of rotatable bonds is 2. The van der Waals surface area contributed by atoms with E-state index in [9.17, 15) is 30.8 Å². The maximum absolute atomic E-state index is 11.5. The van der Waals surface area contributed by atoms with Gasteiger partial charge in [-0.25, -0.2) is 0 Å². The van der Waals surface area contributed by atoms with Crippen molar-refractivity contribution in [3.63, 3.8) is 0 Å². The highest BCUT2D eigenvalue weighted by atomic mass is 16.6. The lowest BCUT2D eigenvalue weighted by molar-refractivity contribution is -0.385. The summed E-state index contributed by atoms with van der Waals surface area (Å²) in [6, 6.07) is 13.2. The number of hydrogen-bond acceptors (Lipinski definition) is 6. The van der Waals surface area contributed by atoms with Gasteiger partial charge < -0.3 is 0 Å². The average Bonchev–Trinajstić information content (AvgIpc) is 2.71. The normalized spacial score (nSPS) is 10.8. The molecule has 8 heteroatoms. The summed E-state index contributed by atoms with van der Waals surface area (Å²) in [5.41, 5.74) is 1.11. The van der Waals surface area contributed by atoms with Crippen LogP contribution in [0.2, 0.25) is 0 Å². The van der Waals surface area contributed by atoms with Gasteiger partial charge in [-0.2, -0.15) is 10.5 Å². The summed E-state index contributed by atoms with van der Waals surface area (Å²) in [6.45, 7) is 3.19. The van der Waals surface area contributed by atoms with Gasteiger partial charge in [0.2, 0.25) is 0 Å². The number of nitriles is 2. The largest absolute Gasteiger partial charge is 0.272 e. The summed E-state index contributed by atoms with van der Waals surface area (Å²) in [5, 5.41) is 45.4. The van der Waals surface area contributed by atoms with Crippen molar-refractivity contribution in [3.05, 3.63) is 78.9 Å². The van der Waals surface area contributed by atoms with Crippen LogP contribution < -0.4 is 0 Å². The first-order valence-electron chi connectivity index (χ1n) is 8.85. The lowest BCUT2D eigenvalue weighted by atomic mass is 9.87. The molecule has 8 nitrogen and oxygen atoms in total. The zero-order valence-corrected chi connectivity index (χ0v) is 15.9. The molecule has 0 saturated carbocycles. The molecule has 0 aliphatic carbocycles. The van der Waals surface area contributed by atoms with E-state index in [1.165, 1.54) is 24.3 Å². The quantitative estimate of drug-likeness (QED) is 0.255. The summed E-state index contributed by atoms with van der Waals surface area (Å²) in [6.07, 6.45) is 0. The molecule has 4 aromatic carbocycles. The lowest BCUT2D eigenvalue weighted by Crippen LogP contribution is -1.98. The maximum atomic E-state index is 11.5. The highest BCUT2D eigenvalue weighted by Gasteiger charge is 2.23. The summed E-state index contributed by atoms with van der Waals surface area (Å²) in [4.78, 5) is 22.1. The van der Waals surface area contributed by atoms with Crippen LogP contribution in [0.1, 0.15) is 22.3 Å². The van der Waals surface area contributed by atoms with E-state index >= 15 is 0 Å². The van der Waals surface area contributed by atoms with Crippen LogP contribution in [0.4, 0.5) is 11.4 Å². The molecule has 0 spiro atoms. The highest BCUT2D eigenvalue weighted by molar-refractivity contribution is 6.25. The number of nitro groups is 2. The number of aryl methyl sites for hydroxylation is 2. The SMILES string of the molecule is Cc1c([N+](=O)[O-])ccc2c(C#N)cc3cc(C#N)c4ccc([N+](=O)[O-])c(C)c4c3c12. The van der Waals surface area contributed by atoms with E-state index in [1.54, 1.807) is 26.0 Å². The minimum absolute atomic E-state index is 0.112. The van der Waals surface area contributed by atoms with Crippen LogP contribution in [0.3, 0.4) is 0 Å². The van der Waals surface area contributed by atoms with Crippen LogP contribution in [0.5, 0.6) is 0 Å². The Balaban J connectivity index is 2.45. The first kappa shape index (κ1) is 18.8. The van der Waals surface area contributed by atoms with Gasteiger partial charge in [0.25, 0.3) is 11.4 Å². The van der Waals surface area contributed by atoms with E-state index in [1.807, 2.05) is 0 Å². The first-order chi connectivity index (χ1) is 14.3. The molecule has 0 unspecified atom stereocenters. The van der Waals surface area contributed by atoms with Crippen molar-refractivity contribution in [2.45, 2.75) is 13.8 Å². The Morgan fingerprint density at radius 1 is 0.733 bits per heavy atom. The number of nitrogens with zero attached hydrogens (tertiary/aromatic N) is 4. The molecule has 4 aromatic rings. The standard InChI is InChI=1S/C22H12N4O4/c1-11-18(25(27)28)5-3-16-14(9-23)7-13-8-15(10-24)17-4-6-19(26(29)30)12(2)21(17)22(13)20(11)16/h3-8H,1-2H3. The third-order valence-corrected chi connectivity index (χ3v) is 5.48. The van der Waals surface area contributed by atoms with Crippen molar-refractivity contribution >= 4 is 43.7 Å². The van der Waals surface area contributed by atoms with Crippen molar-refractivity contribution in [2.24, 2.45) is 0 Å². The Kier molecular flexibility index (Phi) is 4.07. The summed E-state index contributed by atoms with van der Waals surface area (Å²) in [7, 11) is 0. The fraction of sp³-hybridized carbons (Fsp3) is 0.0909. The molecule has 0 heterocycles. The van der Waals surface area contributed by atoms with Gasteiger partial charge in [-0.05, 0) is 48.9 Å². The molecular weight excluding hydrogens is 384 g/mol. The molecule has 0 aliphatic rings. The molecule has 0 saturated heterocycles. The van der Waals surface area contributed by atoms with Crippen LogP contribution in [-0.2, 0) is 0 Å². The highest BCUT2D eigenvalue weighted by Crippen LogP contribution is 2.42. The van der Waals surface area contributed by atoms with Crippen LogP contribution >= 0.6 is 0 Å². The summed E-state index contributed by atoms with van der Waals surface area (Å²) < 4.78 is 0. The smallest absolute Gasteiger partial charge is 0.258 e. The molecular formula is C22H12N4O4. The third-order valence-electron chi connectivity index (χ3n) is 5.48. The minimum atomic E-state index is -0.499. The number of nitro benzene ring substituents is 2. The van der Waals surface area contributed by atoms with E-state index < -0.39 is 9.85 Å². The van der Waals surface area contributed by atoms with Crippen molar-refractivity contribution in [3.8, 4) is 12.1 Å². The molecule has 4 rings (SSSR count). The molecule has 0 fully saturated rings. The molecule has 0 bridgehead atoms. The molecule has 144 valence electrons. The van der Waals surface area contributed by atoms with Gasteiger partial charge in [0.15, 0.2) is 0 Å². The first-order valence-corrected chi connectivity index (χ1v) is 8.85. The molecule has 0 atom stereocenters. The second kappa shape index (κ2) is 6.50. The average molecular weight is 396 g/mol. The Morgan fingerprint density at radius 3 is 1.47 bits per heavy atom. The van der Waals surface area contributed by atoms with Crippen molar-refractivity contribution in [1.29, 1.82) is 10.5 Å². The second-order valence-electron chi connectivity index (χ2n) is 6.95. The van der Waals surface area contributed by atoms with Crippen molar-refractivity contribution in [2.75, 3.05) is 0 Å². The van der Waals surface area contributed by atoms with Gasteiger partial charge in [0.1, 0.15) is 0 Å². The van der Waals surface area contributed by atoms with E-state index in [4.69, 9.17) is 0 Å². The Labute approximate surface area is 169 Å². The topological polar surface area (TPSA) is 134 Å². The fourth-order valence-electron chi connectivity index (χ4n) is 4.14. The van der Waals surface area contributed by atoms with Crippen molar-refractivity contribution in [1.82, 2.24) is 0 Å². The monoisotopic (exact) mass is 396 g/mol. The van der Waals surface area contributed by atoms with Gasteiger partial charge in [0.05, 0.1) is 33.1 Å². The van der Waals surface area contributed by atoms with Crippen LogP contribution in [0.25, 0.3) is 32.3 Å². The van der Waals surface area contributed by atoms with Crippen LogP contribution in [-0.4, -0.2) is 9.85 Å². The van der Waals surface area contributed by atoms with E-state index in [-0.39, 0.29) is 11.4 Å². The lowest BCUT2D eigenvalue weighted by Gasteiger charge is -2.14. The van der Waals surface area contributed by atoms with Gasteiger partial charge in [-0.3, -0.25) is 20.2 Å². The summed E-state index contributed by atoms with van der Waals surface area (Å²) >= 11 is 0. The molecule has 0 radical (unpaired) electrons. The van der Waals surface area contributed by atoms with E-state index in [0.717, 1.165) is 0 Å². The van der Waals surface area contributed by atoms with E-state index in [2.05, 4.69) is 12.1 Å². The van der Waals surface area contributed by atoms with Crippen LogP contribution in [0, 0.1) is 56.7 Å². The Hall–Kier alpha value is -4.56. The molecule has 0 N–H and O–H groups in total. The Morgan fingerprint density at radius 2 is 1.13 bits per heavy atom. The third kappa shape index (κ3) is 2.45. The summed E-state index contributed by atoms with van der Waals surface area (Å²) in [5.74, 6) is 0. The molecule has 30 heavy (non-hydrogen) atoms. The zero-order chi connectivity index (χ0) is 21.7. The van der Waals surface area contributed by atoms with Crippen molar-refractivity contribution < 1.29 is 9.85 Å². The second-order valence-corrected chi connectivity index (χ2v) is 6.95. The zero-order valence-electron chi connectivity index (χ0n) is 15.9. The number of benzene rings is 4.